The quantitative estimate of drug-likeness (QED) is 0.0349. The van der Waals surface area contributed by atoms with Gasteiger partial charge in [0.2, 0.25) is 59.1 Å². The summed E-state index contributed by atoms with van der Waals surface area (Å²) < 4.78 is 45.9. The molecule has 92 heavy (non-hydrogen) atoms. The van der Waals surface area contributed by atoms with Gasteiger partial charge in [-0.3, -0.25) is 52.9 Å². The summed E-state index contributed by atoms with van der Waals surface area (Å²) in [5.74, 6) is -8.94. The van der Waals surface area contributed by atoms with E-state index in [1.54, 1.807) is 73.7 Å². The van der Waals surface area contributed by atoms with Crippen molar-refractivity contribution in [3.8, 4) is 0 Å². The number of ether oxygens (including phenoxy) is 3. The van der Waals surface area contributed by atoms with Gasteiger partial charge in [-0.2, -0.15) is 0 Å². The summed E-state index contributed by atoms with van der Waals surface area (Å²) in [5, 5.41) is 20.8. The second-order valence-corrected chi connectivity index (χ2v) is 25.5. The van der Waals surface area contributed by atoms with Gasteiger partial charge in [-0.1, -0.05) is 117 Å². The molecule has 28 heteroatoms. The van der Waals surface area contributed by atoms with Crippen LogP contribution in [-0.4, -0.2) is 166 Å². The van der Waals surface area contributed by atoms with E-state index in [0.29, 0.717) is 19.3 Å². The Morgan fingerprint density at radius 3 is 1.74 bits per heavy atom. The number of nitrogens with two attached hydrogens (primary N) is 1. The van der Waals surface area contributed by atoms with E-state index in [1.165, 1.54) is 24.0 Å². The lowest BCUT2D eigenvalue weighted by molar-refractivity contribution is -0.152. The molecule has 2 heterocycles. The Labute approximate surface area is 536 Å². The summed E-state index contributed by atoms with van der Waals surface area (Å²) >= 11 is 0. The highest BCUT2D eigenvalue weighted by molar-refractivity contribution is 7.90. The van der Waals surface area contributed by atoms with Gasteiger partial charge in [0.15, 0.2) is 0 Å². The maximum Gasteiger partial charge on any atom is 0.308 e. The van der Waals surface area contributed by atoms with E-state index in [0.717, 1.165) is 68.1 Å². The minimum atomic E-state index is -4.13. The number of aliphatic imine (C=N–C) groups is 1. The molecule has 7 atom stereocenters. The summed E-state index contributed by atoms with van der Waals surface area (Å²) in [6.45, 7) is 0.659. The van der Waals surface area contributed by atoms with Gasteiger partial charge in [0, 0.05) is 13.1 Å². The molecule has 0 spiro atoms. The van der Waals surface area contributed by atoms with E-state index in [1.807, 2.05) is 6.07 Å². The molecule has 0 radical (unpaired) electrons. The number of guanidine groups is 1. The van der Waals surface area contributed by atoms with E-state index in [2.05, 4.69) is 52.2 Å². The molecule has 2 saturated carbocycles. The van der Waals surface area contributed by atoms with Crippen LogP contribution in [0.5, 0.6) is 0 Å². The molecule has 2 saturated heterocycles. The average molecular weight is 1300 g/mol. The van der Waals surface area contributed by atoms with Crippen LogP contribution in [0.3, 0.4) is 0 Å². The van der Waals surface area contributed by atoms with Crippen molar-refractivity contribution in [3.05, 3.63) is 102 Å². The van der Waals surface area contributed by atoms with E-state index < -0.39 is 156 Å². The molecule has 3 aromatic carbocycles. The summed E-state index contributed by atoms with van der Waals surface area (Å²) in [7, 11) is -4.13. The Kier molecular flexibility index (Phi) is 27.7. The van der Waals surface area contributed by atoms with Crippen LogP contribution >= 0.6 is 0 Å². The topological polar surface area (TPSA) is 382 Å². The number of benzene rings is 3. The van der Waals surface area contributed by atoms with Crippen molar-refractivity contribution in [1.82, 2.24) is 52.2 Å². The van der Waals surface area contributed by atoms with Crippen molar-refractivity contribution in [1.29, 1.82) is 0 Å². The molecule has 0 aromatic heterocycles. The van der Waals surface area contributed by atoms with Gasteiger partial charge in [-0.15, -0.1) is 0 Å². The molecular formula is C64H88N12O15S. The van der Waals surface area contributed by atoms with Crippen molar-refractivity contribution in [2.75, 3.05) is 39.4 Å². The molecular weight excluding hydrogens is 1210 g/mol. The summed E-state index contributed by atoms with van der Waals surface area (Å²) in [6.07, 6.45) is 7.58. The van der Waals surface area contributed by atoms with Crippen LogP contribution in [0.2, 0.25) is 0 Å². The van der Waals surface area contributed by atoms with Gasteiger partial charge in [0.05, 0.1) is 50.8 Å². The number of nitrogens with zero attached hydrogens (tertiary/aromatic N) is 2. The first-order valence-electron chi connectivity index (χ1n) is 31.7. The van der Waals surface area contributed by atoms with Crippen molar-refractivity contribution in [2.45, 2.75) is 183 Å². The molecule has 500 valence electrons. The first-order valence-corrected chi connectivity index (χ1v) is 33.2. The molecule has 4 aliphatic rings. The molecule has 0 bridgehead atoms. The first kappa shape index (κ1) is 70.9. The van der Waals surface area contributed by atoms with Gasteiger partial charge >= 0.3 is 5.97 Å². The zero-order chi connectivity index (χ0) is 66.0. The number of hydrogen-bond acceptors (Lipinski definition) is 16. The summed E-state index contributed by atoms with van der Waals surface area (Å²) in [6, 6.07) is 14.1. The fourth-order valence-corrected chi connectivity index (χ4v) is 12.3. The molecule has 4 fully saturated rings. The van der Waals surface area contributed by atoms with Gasteiger partial charge in [0.1, 0.15) is 48.4 Å². The van der Waals surface area contributed by atoms with Crippen LogP contribution in [0.1, 0.15) is 126 Å². The minimum Gasteiger partial charge on any atom is -0.462 e. The Balaban J connectivity index is 1.17. The third-order valence-corrected chi connectivity index (χ3v) is 17.8. The number of amides is 9. The van der Waals surface area contributed by atoms with Crippen LogP contribution in [0.25, 0.3) is 0 Å². The predicted molar refractivity (Wildman–Crippen MR) is 336 cm³/mol. The van der Waals surface area contributed by atoms with Crippen LogP contribution in [0, 0.1) is 12.8 Å². The van der Waals surface area contributed by atoms with E-state index in [4.69, 9.17) is 19.9 Å². The number of nitrogens with one attached hydrogen (secondary N) is 9. The monoisotopic (exact) mass is 1300 g/mol. The highest BCUT2D eigenvalue weighted by Crippen LogP contribution is 2.29. The normalized spacial score (nSPS) is 23.8. The highest BCUT2D eigenvalue weighted by atomic mass is 32.2. The van der Waals surface area contributed by atoms with Gasteiger partial charge in [-0.25, -0.2) is 13.1 Å². The van der Waals surface area contributed by atoms with Crippen molar-refractivity contribution in [3.63, 3.8) is 0 Å². The van der Waals surface area contributed by atoms with Gasteiger partial charge in [-0.05, 0) is 101 Å². The maximum atomic E-state index is 14.9. The number of hydrogen-bond donors (Lipinski definition) is 10. The third-order valence-electron chi connectivity index (χ3n) is 16.4. The van der Waals surface area contributed by atoms with E-state index in [9.17, 15) is 56.4 Å². The summed E-state index contributed by atoms with van der Waals surface area (Å²) in [4.78, 5) is 148. The smallest absolute Gasteiger partial charge is 0.308 e. The molecule has 7 rings (SSSR count). The summed E-state index contributed by atoms with van der Waals surface area (Å²) in [5.41, 5.74) is 8.27. The lowest BCUT2D eigenvalue weighted by atomic mass is 9.84. The number of carbonyl (C=O) groups is 10. The number of aryl methyl sites for hydroxylation is 1. The maximum absolute atomic E-state index is 14.9. The number of esters is 1. The van der Waals surface area contributed by atoms with E-state index in [-0.39, 0.29) is 62.8 Å². The second kappa shape index (κ2) is 35.9. The van der Waals surface area contributed by atoms with Crippen molar-refractivity contribution >= 4 is 75.1 Å². The Morgan fingerprint density at radius 1 is 0.598 bits per heavy atom. The second-order valence-electron chi connectivity index (χ2n) is 23.8. The number of carbonyl (C=O) groups excluding carboxylic acids is 10. The number of fused-ring (bicyclic) bond motifs is 1. The molecule has 27 nitrogen and oxygen atoms in total. The Bertz CT molecular complexity index is 3150. The largest absolute Gasteiger partial charge is 0.462 e. The zero-order valence-electron chi connectivity index (χ0n) is 52.3. The van der Waals surface area contributed by atoms with E-state index >= 15 is 0 Å². The highest BCUT2D eigenvalue weighted by Gasteiger charge is 2.41. The molecule has 11 N–H and O–H groups in total. The Hall–Kier alpha value is -8.50. The SMILES string of the molecule is Cc1ccc(S(=O)(=O)NC(N)=NCCC[C@@H]2NC(=O)CNC(=O)[C@H](COCc3ccccc3)NC(=O)[C@H](COCc3ccccc3)NC(=O)[C@H](C)NC(=O)[C@@H]3CCCN3C(=O)[C@H](CC3CCCCC3)NC(=O)[C@H](CC(=O)OC3CCCCC3)NC(=O)CNC2=O)cc1. The Morgan fingerprint density at radius 2 is 1.13 bits per heavy atom. The molecule has 3 aromatic rings. The number of sulfonamides is 1. The molecule has 2 aliphatic carbocycles. The van der Waals surface area contributed by atoms with Gasteiger partial charge in [0.25, 0.3) is 10.0 Å². The van der Waals surface area contributed by atoms with Crippen molar-refractivity contribution < 1.29 is 70.6 Å². The fraction of sp³-hybridized carbons (Fsp3) is 0.547. The van der Waals surface area contributed by atoms with Gasteiger partial charge < -0.3 is 67.4 Å². The number of rotatable bonds is 19. The lowest BCUT2D eigenvalue weighted by Crippen LogP contribution is -2.60. The third kappa shape index (κ3) is 23.0. The molecule has 2 aliphatic heterocycles. The molecule has 0 unspecified atom stereocenters. The standard InChI is InChI=1S/C64H88N12O15S/c1-41-27-29-47(30-28-41)92(87,88)75-64(65)66-31-15-25-48-58(81)67-36-55(78)71-49(34-56(79)91-46-23-13-6-14-24-46)60(83)72-50(33-43-17-7-3-8-18-43)63(86)76-32-16-26-53(76)62(85)69-42(2)57(80)73-52(40-90-38-45-21-11-5-12-22-45)61(84)74-51(59(82)68-35-54(77)70-48)39-89-37-44-19-9-4-10-20-44/h4-5,9-12,19-22,27-30,42-43,46,48-53H,3,6-8,13-18,23-26,31-40H2,1-2H3,(H,67,81)(H,68,82)(H,69,85)(H,70,77)(H,71,78)(H,72,83)(H,73,80)(H,74,84)(H3,65,66,75)/t42-,48-,49-,50-,51-,52-,53-/m0/s1. The predicted octanol–water partition coefficient (Wildman–Crippen LogP) is 1.20. The van der Waals surface area contributed by atoms with Crippen LogP contribution in [0.15, 0.2) is 94.8 Å². The van der Waals surface area contributed by atoms with Crippen molar-refractivity contribution in [2.24, 2.45) is 16.6 Å². The lowest BCUT2D eigenvalue weighted by Gasteiger charge is -2.33. The molecule has 9 amide bonds. The van der Waals surface area contributed by atoms with Crippen LogP contribution in [-0.2, 0) is 85.4 Å². The fourth-order valence-electron chi connectivity index (χ4n) is 11.4. The average Bonchev–Trinajstić information content (AvgIpc) is 1.63. The van der Waals surface area contributed by atoms with Crippen LogP contribution in [0.4, 0.5) is 0 Å². The minimum absolute atomic E-state index is 0.00664. The first-order chi connectivity index (χ1) is 44.2. The van der Waals surface area contributed by atoms with Crippen LogP contribution < -0.4 is 53.0 Å². The zero-order valence-corrected chi connectivity index (χ0v) is 53.1.